The zero-order valence-corrected chi connectivity index (χ0v) is 12.7. The van der Waals surface area contributed by atoms with E-state index in [4.69, 9.17) is 0 Å². The molecule has 3 N–H and O–H groups in total. The Kier molecular flexibility index (Phi) is 4.98. The maximum absolute atomic E-state index is 12.0. The summed E-state index contributed by atoms with van der Waals surface area (Å²) in [4.78, 5) is 13.8. The fourth-order valence-electron chi connectivity index (χ4n) is 2.49. The van der Waals surface area contributed by atoms with Crippen molar-refractivity contribution >= 4 is 5.91 Å². The highest BCUT2D eigenvalue weighted by Crippen LogP contribution is 2.21. The number of amides is 1. The van der Waals surface area contributed by atoms with E-state index in [2.05, 4.69) is 5.32 Å². The molecular weight excluding hydrogens is 268 g/mol. The molecule has 1 heterocycles. The van der Waals surface area contributed by atoms with Crippen LogP contribution in [0.25, 0.3) is 0 Å². The summed E-state index contributed by atoms with van der Waals surface area (Å²) in [5.74, 6) is -0.0630. The van der Waals surface area contributed by atoms with E-state index in [1.807, 2.05) is 36.1 Å². The van der Waals surface area contributed by atoms with Crippen LogP contribution in [0.3, 0.4) is 0 Å². The minimum absolute atomic E-state index is 0.0630. The van der Waals surface area contributed by atoms with Gasteiger partial charge in [-0.25, -0.2) is 0 Å². The molecule has 1 amide bonds. The number of nitrogens with one attached hydrogen (secondary N) is 1. The minimum Gasteiger partial charge on any atom is -0.389 e. The molecular formula is C16H24N2O3. The first-order valence-electron chi connectivity index (χ1n) is 7.32. The number of nitrogens with zero attached hydrogens (tertiary/aromatic N) is 1. The molecule has 5 nitrogen and oxygen atoms in total. The van der Waals surface area contributed by atoms with Crippen molar-refractivity contribution < 1.29 is 15.0 Å². The summed E-state index contributed by atoms with van der Waals surface area (Å²) < 4.78 is 0. The molecule has 1 aromatic carbocycles. The maximum atomic E-state index is 12.0. The van der Waals surface area contributed by atoms with Gasteiger partial charge in [-0.2, -0.15) is 0 Å². The number of aryl methyl sites for hydroxylation is 1. The van der Waals surface area contributed by atoms with Crippen LogP contribution in [0.5, 0.6) is 0 Å². The maximum Gasteiger partial charge on any atom is 0.234 e. The van der Waals surface area contributed by atoms with Crippen LogP contribution in [-0.4, -0.2) is 52.4 Å². The number of benzene rings is 1. The van der Waals surface area contributed by atoms with Crippen LogP contribution < -0.4 is 5.32 Å². The number of rotatable bonds is 4. The lowest BCUT2D eigenvalue weighted by Crippen LogP contribution is -2.55. The van der Waals surface area contributed by atoms with Gasteiger partial charge in [0.2, 0.25) is 5.91 Å². The summed E-state index contributed by atoms with van der Waals surface area (Å²) in [7, 11) is 0. The van der Waals surface area contributed by atoms with E-state index in [0.29, 0.717) is 26.1 Å². The standard InChI is InChI=1S/C16H24N2O3/c1-12-5-3-4-6-13(12)9-17-15(20)11-18-8-7-16(2,21)14(19)10-18/h3-6,14,19,21H,7-11H2,1-2H3,(H,17,20)/t14-,16+/m1/s1. The lowest BCUT2D eigenvalue weighted by Gasteiger charge is -2.39. The second-order valence-corrected chi connectivity index (χ2v) is 6.06. The number of piperidine rings is 1. The Morgan fingerprint density at radius 1 is 1.48 bits per heavy atom. The van der Waals surface area contributed by atoms with Crippen LogP contribution in [0.1, 0.15) is 24.5 Å². The average Bonchev–Trinajstić information content (AvgIpc) is 2.42. The highest BCUT2D eigenvalue weighted by molar-refractivity contribution is 5.78. The summed E-state index contributed by atoms with van der Waals surface area (Å²) >= 11 is 0. The summed E-state index contributed by atoms with van der Waals surface area (Å²) in [5.41, 5.74) is 1.21. The van der Waals surface area contributed by atoms with Crippen molar-refractivity contribution in [3.05, 3.63) is 35.4 Å². The number of β-amino-alcohol motifs (C(OH)–C–C–N with tert-alkyl or cyclic N) is 1. The molecule has 21 heavy (non-hydrogen) atoms. The molecule has 0 radical (unpaired) electrons. The Morgan fingerprint density at radius 2 is 2.19 bits per heavy atom. The molecule has 1 aliphatic heterocycles. The Balaban J connectivity index is 1.79. The van der Waals surface area contributed by atoms with Crippen molar-refractivity contribution in [1.29, 1.82) is 0 Å². The summed E-state index contributed by atoms with van der Waals surface area (Å²) in [6.07, 6.45) is -0.338. The van der Waals surface area contributed by atoms with Gasteiger partial charge in [0.1, 0.15) is 0 Å². The fraction of sp³-hybridized carbons (Fsp3) is 0.562. The van der Waals surface area contributed by atoms with Crippen molar-refractivity contribution in [3.8, 4) is 0 Å². The average molecular weight is 292 g/mol. The Morgan fingerprint density at radius 3 is 2.86 bits per heavy atom. The van der Waals surface area contributed by atoms with Crippen molar-refractivity contribution in [3.63, 3.8) is 0 Å². The zero-order chi connectivity index (χ0) is 15.5. The molecule has 0 aromatic heterocycles. The Hall–Kier alpha value is -1.43. The molecule has 1 aliphatic rings. The molecule has 0 saturated carbocycles. The second-order valence-electron chi connectivity index (χ2n) is 6.06. The zero-order valence-electron chi connectivity index (χ0n) is 12.7. The minimum atomic E-state index is -1.05. The predicted molar refractivity (Wildman–Crippen MR) is 80.7 cm³/mol. The van der Waals surface area contributed by atoms with Gasteiger partial charge in [-0.05, 0) is 31.4 Å². The molecule has 1 fully saturated rings. The van der Waals surface area contributed by atoms with E-state index in [-0.39, 0.29) is 12.5 Å². The van der Waals surface area contributed by atoms with Gasteiger partial charge < -0.3 is 15.5 Å². The van der Waals surface area contributed by atoms with Crippen LogP contribution in [0, 0.1) is 6.92 Å². The second kappa shape index (κ2) is 6.56. The molecule has 0 unspecified atom stereocenters. The molecule has 0 spiro atoms. The first-order valence-corrected chi connectivity index (χ1v) is 7.32. The number of likely N-dealkylation sites (tertiary alicyclic amines) is 1. The normalized spacial score (nSPS) is 26.6. The van der Waals surface area contributed by atoms with Gasteiger partial charge in [-0.15, -0.1) is 0 Å². The van der Waals surface area contributed by atoms with Crippen molar-refractivity contribution in [1.82, 2.24) is 10.2 Å². The first kappa shape index (κ1) is 15.9. The molecule has 1 saturated heterocycles. The van der Waals surface area contributed by atoms with Gasteiger partial charge in [0.05, 0.1) is 18.2 Å². The van der Waals surface area contributed by atoms with Crippen LogP contribution >= 0.6 is 0 Å². The SMILES string of the molecule is Cc1ccccc1CNC(=O)CN1CC[C@](C)(O)[C@H](O)C1. The monoisotopic (exact) mass is 292 g/mol. The number of aliphatic hydroxyl groups is 2. The molecule has 2 atom stereocenters. The summed E-state index contributed by atoms with van der Waals surface area (Å²) in [6, 6.07) is 7.95. The third-order valence-corrected chi connectivity index (χ3v) is 4.19. The van der Waals surface area contributed by atoms with Crippen molar-refractivity contribution in [2.24, 2.45) is 0 Å². The lowest BCUT2D eigenvalue weighted by molar-refractivity contribution is -0.129. The van der Waals surface area contributed by atoms with Crippen LogP contribution in [0.2, 0.25) is 0 Å². The smallest absolute Gasteiger partial charge is 0.234 e. The third-order valence-electron chi connectivity index (χ3n) is 4.19. The van der Waals surface area contributed by atoms with E-state index in [0.717, 1.165) is 11.1 Å². The van der Waals surface area contributed by atoms with Crippen molar-refractivity contribution in [2.45, 2.75) is 38.5 Å². The molecule has 2 rings (SSSR count). The Labute approximate surface area is 125 Å². The summed E-state index contributed by atoms with van der Waals surface area (Å²) in [6.45, 7) is 5.35. The first-order chi connectivity index (χ1) is 9.88. The number of carbonyl (C=O) groups excluding carboxylic acids is 1. The van der Waals surface area contributed by atoms with E-state index in [9.17, 15) is 15.0 Å². The molecule has 1 aromatic rings. The van der Waals surface area contributed by atoms with Gasteiger partial charge >= 0.3 is 0 Å². The number of carbonyl (C=O) groups is 1. The fourth-order valence-corrected chi connectivity index (χ4v) is 2.49. The van der Waals surface area contributed by atoms with Gasteiger partial charge in [0, 0.05) is 19.6 Å². The van der Waals surface area contributed by atoms with E-state index in [1.54, 1.807) is 6.92 Å². The van der Waals surface area contributed by atoms with E-state index < -0.39 is 11.7 Å². The predicted octanol–water partition coefficient (Wildman–Crippen LogP) is 0.429. The number of hydrogen-bond donors (Lipinski definition) is 3. The highest BCUT2D eigenvalue weighted by Gasteiger charge is 2.36. The van der Waals surface area contributed by atoms with Gasteiger partial charge in [0.15, 0.2) is 0 Å². The van der Waals surface area contributed by atoms with Crippen LogP contribution in [-0.2, 0) is 11.3 Å². The van der Waals surface area contributed by atoms with Crippen LogP contribution in [0.15, 0.2) is 24.3 Å². The lowest BCUT2D eigenvalue weighted by atomic mass is 9.91. The van der Waals surface area contributed by atoms with Crippen LogP contribution in [0.4, 0.5) is 0 Å². The highest BCUT2D eigenvalue weighted by atomic mass is 16.3. The molecule has 0 aliphatic carbocycles. The van der Waals surface area contributed by atoms with E-state index in [1.165, 1.54) is 0 Å². The van der Waals surface area contributed by atoms with Gasteiger partial charge in [-0.3, -0.25) is 9.69 Å². The largest absolute Gasteiger partial charge is 0.389 e. The topological polar surface area (TPSA) is 72.8 Å². The van der Waals surface area contributed by atoms with Gasteiger partial charge in [-0.1, -0.05) is 24.3 Å². The molecule has 0 bridgehead atoms. The quantitative estimate of drug-likeness (QED) is 0.752. The van der Waals surface area contributed by atoms with Crippen molar-refractivity contribution in [2.75, 3.05) is 19.6 Å². The number of aliphatic hydroxyl groups excluding tert-OH is 1. The third kappa shape index (κ3) is 4.27. The number of hydrogen-bond acceptors (Lipinski definition) is 4. The summed E-state index contributed by atoms with van der Waals surface area (Å²) in [5, 5.41) is 22.6. The molecule has 5 heteroatoms. The van der Waals surface area contributed by atoms with E-state index >= 15 is 0 Å². The van der Waals surface area contributed by atoms with Gasteiger partial charge in [0.25, 0.3) is 0 Å². The molecule has 116 valence electrons. The Bertz CT molecular complexity index is 502.